The van der Waals surface area contributed by atoms with Crippen molar-refractivity contribution in [3.8, 4) is 0 Å². The molecule has 2 atom stereocenters. The summed E-state index contributed by atoms with van der Waals surface area (Å²) in [5, 5.41) is 11.3. The van der Waals surface area contributed by atoms with Crippen molar-refractivity contribution in [2.24, 2.45) is 5.73 Å². The van der Waals surface area contributed by atoms with E-state index in [1.165, 1.54) is 32.8 Å². The van der Waals surface area contributed by atoms with Crippen molar-refractivity contribution < 1.29 is 24.2 Å². The molecule has 0 aromatic heterocycles. The minimum atomic E-state index is -1.19. The lowest BCUT2D eigenvalue weighted by molar-refractivity contribution is -0.144. The number of nitrogens with one attached hydrogen (secondary N) is 1. The van der Waals surface area contributed by atoms with Crippen molar-refractivity contribution in [1.29, 1.82) is 0 Å². The molecule has 0 aromatic rings. The maximum atomic E-state index is 12.0. The molecule has 1 amide bonds. The van der Waals surface area contributed by atoms with Gasteiger partial charge >= 0.3 is 11.9 Å². The molecular formula is C17H30N2O5S. The summed E-state index contributed by atoms with van der Waals surface area (Å²) in [4.78, 5) is 34.7. The number of amides is 1. The molecule has 4 N–H and O–H groups in total. The molecule has 0 aromatic carbocycles. The first kappa shape index (κ1) is 21.8. The molecule has 1 aliphatic carbocycles. The van der Waals surface area contributed by atoms with Gasteiger partial charge in [0, 0.05) is 10.5 Å². The number of carboxylic acids is 1. The molecule has 144 valence electrons. The summed E-state index contributed by atoms with van der Waals surface area (Å²) in [6, 6.07) is -2.01. The zero-order chi connectivity index (χ0) is 18.9. The topological polar surface area (TPSA) is 119 Å². The Bertz CT molecular complexity index is 464. The lowest BCUT2D eigenvalue weighted by Crippen LogP contribution is -2.51. The molecular weight excluding hydrogens is 344 g/mol. The summed E-state index contributed by atoms with van der Waals surface area (Å²) < 4.78 is 4.90. The zero-order valence-electron chi connectivity index (χ0n) is 15.1. The second kappa shape index (κ2) is 10.7. The van der Waals surface area contributed by atoms with Crippen LogP contribution < -0.4 is 11.1 Å². The van der Waals surface area contributed by atoms with Gasteiger partial charge in [-0.1, -0.05) is 32.6 Å². The number of hydrogen-bond acceptors (Lipinski definition) is 6. The van der Waals surface area contributed by atoms with E-state index >= 15 is 0 Å². The number of carbonyl (C=O) groups is 3. The van der Waals surface area contributed by atoms with E-state index in [4.69, 9.17) is 15.6 Å². The number of ether oxygens (including phenoxy) is 1. The van der Waals surface area contributed by atoms with E-state index in [9.17, 15) is 14.4 Å². The van der Waals surface area contributed by atoms with Gasteiger partial charge in [-0.05, 0) is 19.3 Å². The van der Waals surface area contributed by atoms with E-state index in [0.717, 1.165) is 19.3 Å². The van der Waals surface area contributed by atoms with Crippen LogP contribution >= 0.6 is 11.8 Å². The molecule has 0 saturated heterocycles. The number of hydrogen-bond donors (Lipinski definition) is 3. The Kier molecular flexibility index (Phi) is 9.27. The zero-order valence-corrected chi connectivity index (χ0v) is 15.9. The Morgan fingerprint density at radius 2 is 1.84 bits per heavy atom. The summed E-state index contributed by atoms with van der Waals surface area (Å²) in [5.74, 6) is -1.95. The molecule has 1 aliphatic rings. The number of methoxy groups -OCH3 is 1. The van der Waals surface area contributed by atoms with Crippen LogP contribution in [0.3, 0.4) is 0 Å². The Balaban J connectivity index is 2.70. The molecule has 0 spiro atoms. The van der Waals surface area contributed by atoms with E-state index in [1.807, 2.05) is 0 Å². The maximum absolute atomic E-state index is 12.0. The third kappa shape index (κ3) is 7.23. The number of carbonyl (C=O) groups excluding carboxylic acids is 2. The summed E-state index contributed by atoms with van der Waals surface area (Å²) in [7, 11) is 1.27. The normalized spacial score (nSPS) is 19.3. The number of rotatable bonds is 9. The van der Waals surface area contributed by atoms with E-state index in [1.54, 1.807) is 11.8 Å². The summed E-state index contributed by atoms with van der Waals surface area (Å²) >= 11 is 1.70. The average molecular weight is 375 g/mol. The molecule has 0 bridgehead atoms. The quantitative estimate of drug-likeness (QED) is 0.415. The fraction of sp³-hybridized carbons (Fsp3) is 0.824. The molecule has 0 heterocycles. The molecule has 0 unspecified atom stereocenters. The van der Waals surface area contributed by atoms with Crippen molar-refractivity contribution in [1.82, 2.24) is 5.32 Å². The predicted molar refractivity (Wildman–Crippen MR) is 97.4 cm³/mol. The molecule has 1 fully saturated rings. The van der Waals surface area contributed by atoms with Crippen LogP contribution in [-0.2, 0) is 19.1 Å². The van der Waals surface area contributed by atoms with Crippen molar-refractivity contribution in [3.63, 3.8) is 0 Å². The van der Waals surface area contributed by atoms with Crippen LogP contribution in [-0.4, -0.2) is 52.6 Å². The summed E-state index contributed by atoms with van der Waals surface area (Å²) in [6.07, 6.45) is 7.58. The van der Waals surface area contributed by atoms with Crippen molar-refractivity contribution in [2.75, 3.05) is 12.9 Å². The van der Waals surface area contributed by atoms with Gasteiger partial charge in [-0.3, -0.25) is 9.59 Å². The van der Waals surface area contributed by atoms with Crippen molar-refractivity contribution in [2.45, 2.75) is 75.1 Å². The Hall–Kier alpha value is -1.28. The summed E-state index contributed by atoms with van der Waals surface area (Å²) in [6.45, 7) is 2.16. The maximum Gasteiger partial charge on any atom is 0.329 e. The van der Waals surface area contributed by atoms with Gasteiger partial charge in [-0.15, -0.1) is 0 Å². The van der Waals surface area contributed by atoms with Crippen molar-refractivity contribution >= 4 is 29.6 Å². The Labute approximate surface area is 153 Å². The number of carboxylic acid groups (broad SMARTS) is 1. The van der Waals surface area contributed by atoms with Gasteiger partial charge in [0.2, 0.25) is 5.91 Å². The van der Waals surface area contributed by atoms with Crippen LogP contribution in [0.25, 0.3) is 0 Å². The highest BCUT2D eigenvalue weighted by molar-refractivity contribution is 8.00. The van der Waals surface area contributed by atoms with Crippen LogP contribution in [0.1, 0.15) is 58.3 Å². The molecule has 7 nitrogen and oxygen atoms in total. The number of aliphatic carboxylic acids is 1. The number of nitrogens with two attached hydrogens (primary N) is 1. The van der Waals surface area contributed by atoms with Gasteiger partial charge in [0.25, 0.3) is 0 Å². The molecule has 0 aliphatic heterocycles. The third-order valence-corrected chi connectivity index (χ3v) is 6.56. The smallest absolute Gasteiger partial charge is 0.329 e. The first-order chi connectivity index (χ1) is 11.8. The highest BCUT2D eigenvalue weighted by atomic mass is 32.2. The second-order valence-corrected chi connectivity index (χ2v) is 8.04. The van der Waals surface area contributed by atoms with Gasteiger partial charge in [-0.25, -0.2) is 4.79 Å². The van der Waals surface area contributed by atoms with Crippen LogP contribution in [0.5, 0.6) is 0 Å². The molecule has 1 rings (SSSR count). The fourth-order valence-corrected chi connectivity index (χ4v) is 4.62. The van der Waals surface area contributed by atoms with E-state index in [0.29, 0.717) is 5.75 Å². The molecule has 25 heavy (non-hydrogen) atoms. The van der Waals surface area contributed by atoms with Crippen LogP contribution in [0, 0.1) is 0 Å². The van der Waals surface area contributed by atoms with Crippen molar-refractivity contribution in [3.05, 3.63) is 0 Å². The standard InChI is InChI=1S/C17H30N2O5S/c1-3-17(8-6-4-5-7-9-17)25-11-13(16(23)24-2)19-15(22)12(18)10-14(20)21/h12-13H,3-11,18H2,1-2H3,(H,19,22)(H,20,21)/t12-,13-/m0/s1. The lowest BCUT2D eigenvalue weighted by Gasteiger charge is -2.32. The lowest BCUT2D eigenvalue weighted by atomic mass is 9.96. The Morgan fingerprint density at radius 3 is 2.32 bits per heavy atom. The first-order valence-corrected chi connectivity index (χ1v) is 9.81. The van der Waals surface area contributed by atoms with E-state index in [-0.39, 0.29) is 4.75 Å². The first-order valence-electron chi connectivity index (χ1n) is 8.83. The second-order valence-electron chi connectivity index (χ2n) is 6.55. The number of esters is 1. The van der Waals surface area contributed by atoms with Crippen LogP contribution in [0.4, 0.5) is 0 Å². The minimum Gasteiger partial charge on any atom is -0.481 e. The average Bonchev–Trinajstić information content (AvgIpc) is 2.83. The van der Waals surface area contributed by atoms with Crippen LogP contribution in [0.15, 0.2) is 0 Å². The SMILES string of the molecule is CCC1(SC[C@H](NC(=O)[C@@H](N)CC(=O)O)C(=O)OC)CCCCCC1. The van der Waals surface area contributed by atoms with E-state index in [2.05, 4.69) is 12.2 Å². The highest BCUT2D eigenvalue weighted by Gasteiger charge is 2.33. The van der Waals surface area contributed by atoms with Gasteiger partial charge in [0.05, 0.1) is 19.6 Å². The monoisotopic (exact) mass is 374 g/mol. The number of thioether (sulfide) groups is 1. The van der Waals surface area contributed by atoms with Gasteiger partial charge in [-0.2, -0.15) is 11.8 Å². The van der Waals surface area contributed by atoms with E-state index < -0.39 is 36.4 Å². The summed E-state index contributed by atoms with van der Waals surface area (Å²) in [5.41, 5.74) is 5.57. The predicted octanol–water partition coefficient (Wildman–Crippen LogP) is 1.68. The molecule has 0 radical (unpaired) electrons. The largest absolute Gasteiger partial charge is 0.481 e. The Morgan fingerprint density at radius 1 is 1.24 bits per heavy atom. The fourth-order valence-electron chi connectivity index (χ4n) is 3.10. The third-order valence-electron chi connectivity index (χ3n) is 4.75. The minimum absolute atomic E-state index is 0.122. The highest BCUT2D eigenvalue weighted by Crippen LogP contribution is 2.41. The molecule has 1 saturated carbocycles. The van der Waals surface area contributed by atoms with Gasteiger partial charge in [0.1, 0.15) is 6.04 Å². The molecule has 8 heteroatoms. The van der Waals surface area contributed by atoms with Gasteiger partial charge < -0.3 is 20.9 Å². The van der Waals surface area contributed by atoms with Gasteiger partial charge in [0.15, 0.2) is 0 Å². The van der Waals surface area contributed by atoms with Crippen LogP contribution in [0.2, 0.25) is 0 Å².